The zero-order valence-corrected chi connectivity index (χ0v) is 11.8. The third kappa shape index (κ3) is 2.08. The van der Waals surface area contributed by atoms with Crippen LogP contribution in [0.5, 0.6) is 0 Å². The summed E-state index contributed by atoms with van der Waals surface area (Å²) in [7, 11) is 2.02. The fourth-order valence-electron chi connectivity index (χ4n) is 2.62. The standard InChI is InChI=1S/C16H18N4/c1-11-18-15(12-6-4-3-5-7-12)14-13(8-9-17)10-20(2)16(14)19-11/h3-7,10H,8-9,17H2,1-2H3. The number of aryl methyl sites for hydroxylation is 2. The van der Waals surface area contributed by atoms with Crippen LogP contribution in [-0.4, -0.2) is 21.1 Å². The van der Waals surface area contributed by atoms with Crippen LogP contribution in [0.1, 0.15) is 11.4 Å². The van der Waals surface area contributed by atoms with Gasteiger partial charge < -0.3 is 10.3 Å². The van der Waals surface area contributed by atoms with Crippen LogP contribution in [0.15, 0.2) is 36.5 Å². The highest BCUT2D eigenvalue weighted by Crippen LogP contribution is 2.30. The molecular formula is C16H18N4. The van der Waals surface area contributed by atoms with E-state index in [0.29, 0.717) is 6.54 Å². The van der Waals surface area contributed by atoms with E-state index in [1.165, 1.54) is 5.56 Å². The van der Waals surface area contributed by atoms with Gasteiger partial charge in [-0.15, -0.1) is 0 Å². The molecule has 4 heteroatoms. The molecule has 1 aromatic carbocycles. The van der Waals surface area contributed by atoms with E-state index in [0.717, 1.165) is 34.5 Å². The monoisotopic (exact) mass is 266 g/mol. The van der Waals surface area contributed by atoms with Gasteiger partial charge >= 0.3 is 0 Å². The van der Waals surface area contributed by atoms with Gasteiger partial charge in [0.2, 0.25) is 0 Å². The Morgan fingerprint density at radius 1 is 1.15 bits per heavy atom. The molecule has 102 valence electrons. The Morgan fingerprint density at radius 3 is 2.60 bits per heavy atom. The molecule has 0 saturated carbocycles. The minimum atomic E-state index is 0.626. The largest absolute Gasteiger partial charge is 0.335 e. The number of rotatable bonds is 3. The van der Waals surface area contributed by atoms with Crippen LogP contribution in [0.4, 0.5) is 0 Å². The summed E-state index contributed by atoms with van der Waals surface area (Å²) in [6, 6.07) is 10.2. The van der Waals surface area contributed by atoms with E-state index >= 15 is 0 Å². The van der Waals surface area contributed by atoms with Gasteiger partial charge in [-0.1, -0.05) is 30.3 Å². The number of fused-ring (bicyclic) bond motifs is 1. The van der Waals surface area contributed by atoms with Crippen molar-refractivity contribution in [3.8, 4) is 11.3 Å². The molecule has 0 saturated heterocycles. The van der Waals surface area contributed by atoms with Gasteiger partial charge in [-0.3, -0.25) is 0 Å². The molecule has 0 fully saturated rings. The average Bonchev–Trinajstić information content (AvgIpc) is 2.76. The third-order valence-electron chi connectivity index (χ3n) is 3.47. The maximum absolute atomic E-state index is 5.73. The Morgan fingerprint density at radius 2 is 1.90 bits per heavy atom. The first-order chi connectivity index (χ1) is 9.70. The van der Waals surface area contributed by atoms with Gasteiger partial charge in [-0.25, -0.2) is 9.97 Å². The Kier molecular flexibility index (Phi) is 3.24. The van der Waals surface area contributed by atoms with E-state index in [-0.39, 0.29) is 0 Å². The van der Waals surface area contributed by atoms with Gasteiger partial charge in [0.1, 0.15) is 11.5 Å². The van der Waals surface area contributed by atoms with Crippen LogP contribution in [0.3, 0.4) is 0 Å². The Hall–Kier alpha value is -2.20. The van der Waals surface area contributed by atoms with Crippen molar-refractivity contribution in [2.75, 3.05) is 6.54 Å². The lowest BCUT2D eigenvalue weighted by molar-refractivity contribution is 0.913. The predicted octanol–water partition coefficient (Wildman–Crippen LogP) is 2.44. The normalized spacial score (nSPS) is 11.2. The van der Waals surface area contributed by atoms with Gasteiger partial charge in [0.05, 0.1) is 5.69 Å². The molecule has 0 atom stereocenters. The van der Waals surface area contributed by atoms with Crippen LogP contribution in [0, 0.1) is 6.92 Å². The van der Waals surface area contributed by atoms with Crippen LogP contribution < -0.4 is 5.73 Å². The molecule has 2 heterocycles. The van der Waals surface area contributed by atoms with E-state index in [9.17, 15) is 0 Å². The first kappa shape index (κ1) is 12.8. The molecule has 0 aliphatic rings. The maximum atomic E-state index is 5.73. The Balaban J connectivity index is 2.35. The highest BCUT2D eigenvalue weighted by atomic mass is 15.0. The van der Waals surface area contributed by atoms with Crippen molar-refractivity contribution >= 4 is 11.0 Å². The topological polar surface area (TPSA) is 56.7 Å². The van der Waals surface area contributed by atoms with Crippen molar-refractivity contribution in [3.05, 3.63) is 47.9 Å². The van der Waals surface area contributed by atoms with Crippen LogP contribution in [0.2, 0.25) is 0 Å². The molecule has 0 spiro atoms. The molecule has 2 N–H and O–H groups in total. The summed E-state index contributed by atoms with van der Waals surface area (Å²) in [6.07, 6.45) is 2.95. The quantitative estimate of drug-likeness (QED) is 0.792. The average molecular weight is 266 g/mol. The summed E-state index contributed by atoms with van der Waals surface area (Å²) in [6.45, 7) is 2.56. The lowest BCUT2D eigenvalue weighted by Gasteiger charge is -2.06. The zero-order chi connectivity index (χ0) is 14.1. The SMILES string of the molecule is Cc1nc(-c2ccccc2)c2c(CCN)cn(C)c2n1. The molecular weight excluding hydrogens is 248 g/mol. The first-order valence-corrected chi connectivity index (χ1v) is 6.78. The summed E-state index contributed by atoms with van der Waals surface area (Å²) in [5.74, 6) is 0.789. The van der Waals surface area contributed by atoms with E-state index in [2.05, 4.69) is 32.9 Å². The lowest BCUT2D eigenvalue weighted by atomic mass is 10.0. The molecule has 0 aliphatic carbocycles. The van der Waals surface area contributed by atoms with Crippen molar-refractivity contribution in [2.45, 2.75) is 13.3 Å². The summed E-state index contributed by atoms with van der Waals surface area (Å²) >= 11 is 0. The van der Waals surface area contributed by atoms with Crippen LogP contribution >= 0.6 is 0 Å². The number of hydrogen-bond donors (Lipinski definition) is 1. The predicted molar refractivity (Wildman–Crippen MR) is 81.4 cm³/mol. The number of hydrogen-bond acceptors (Lipinski definition) is 3. The van der Waals surface area contributed by atoms with E-state index in [1.807, 2.05) is 32.2 Å². The minimum Gasteiger partial charge on any atom is -0.335 e. The third-order valence-corrected chi connectivity index (χ3v) is 3.47. The molecule has 20 heavy (non-hydrogen) atoms. The second-order valence-electron chi connectivity index (χ2n) is 4.99. The second-order valence-corrected chi connectivity index (χ2v) is 4.99. The summed E-state index contributed by atoms with van der Waals surface area (Å²) < 4.78 is 2.06. The summed E-state index contributed by atoms with van der Waals surface area (Å²) in [5.41, 5.74) is 10.0. The van der Waals surface area contributed by atoms with Crippen LogP contribution in [-0.2, 0) is 13.5 Å². The highest BCUT2D eigenvalue weighted by molar-refractivity contribution is 5.94. The molecule has 0 amide bonds. The number of nitrogens with zero attached hydrogens (tertiary/aromatic N) is 3. The molecule has 0 radical (unpaired) electrons. The second kappa shape index (κ2) is 5.06. The van der Waals surface area contributed by atoms with E-state index < -0.39 is 0 Å². The molecule has 0 unspecified atom stereocenters. The number of aromatic nitrogens is 3. The first-order valence-electron chi connectivity index (χ1n) is 6.78. The highest BCUT2D eigenvalue weighted by Gasteiger charge is 2.15. The number of nitrogens with two attached hydrogens (primary N) is 1. The zero-order valence-electron chi connectivity index (χ0n) is 11.8. The fraction of sp³-hybridized carbons (Fsp3) is 0.250. The molecule has 0 bridgehead atoms. The molecule has 3 aromatic rings. The molecule has 3 rings (SSSR count). The van der Waals surface area contributed by atoms with Crippen molar-refractivity contribution in [1.82, 2.24) is 14.5 Å². The van der Waals surface area contributed by atoms with Crippen LogP contribution in [0.25, 0.3) is 22.3 Å². The van der Waals surface area contributed by atoms with Crippen molar-refractivity contribution in [1.29, 1.82) is 0 Å². The molecule has 2 aromatic heterocycles. The smallest absolute Gasteiger partial charge is 0.144 e. The van der Waals surface area contributed by atoms with Gasteiger partial charge in [0, 0.05) is 24.2 Å². The summed E-state index contributed by atoms with van der Waals surface area (Å²) in [4.78, 5) is 9.24. The minimum absolute atomic E-state index is 0.626. The fourth-order valence-corrected chi connectivity index (χ4v) is 2.62. The van der Waals surface area contributed by atoms with Gasteiger partial charge in [-0.05, 0) is 25.5 Å². The van der Waals surface area contributed by atoms with Crippen molar-refractivity contribution in [2.24, 2.45) is 12.8 Å². The Labute approximate surface area is 118 Å². The van der Waals surface area contributed by atoms with Gasteiger partial charge in [0.15, 0.2) is 0 Å². The lowest BCUT2D eigenvalue weighted by Crippen LogP contribution is -2.03. The van der Waals surface area contributed by atoms with Gasteiger partial charge in [-0.2, -0.15) is 0 Å². The summed E-state index contributed by atoms with van der Waals surface area (Å²) in [5, 5.41) is 1.12. The van der Waals surface area contributed by atoms with Gasteiger partial charge in [0.25, 0.3) is 0 Å². The maximum Gasteiger partial charge on any atom is 0.144 e. The van der Waals surface area contributed by atoms with Crippen molar-refractivity contribution in [3.63, 3.8) is 0 Å². The molecule has 0 aliphatic heterocycles. The molecule has 4 nitrogen and oxygen atoms in total. The van der Waals surface area contributed by atoms with Crippen molar-refractivity contribution < 1.29 is 0 Å². The van der Waals surface area contributed by atoms with E-state index in [1.54, 1.807) is 0 Å². The Bertz CT molecular complexity index is 744. The van der Waals surface area contributed by atoms with E-state index in [4.69, 9.17) is 5.73 Å². The number of benzene rings is 1.